The maximum absolute atomic E-state index is 10.8. The maximum atomic E-state index is 10.8. The Morgan fingerprint density at radius 2 is 0.553 bits per heavy atom. The number of Topliss-reactive ketones (excluding diaryl/α,β-unsaturated/α-hetero) is 2. The molecule has 0 aromatic heterocycles. The molecule has 0 aromatic carbocycles. The van der Waals surface area contributed by atoms with Crippen LogP contribution in [0.4, 0.5) is 0 Å². The highest BCUT2D eigenvalue weighted by atomic mass is 16.1. The first-order valence-corrected chi connectivity index (χ1v) is 14.7. The van der Waals surface area contributed by atoms with Crippen molar-refractivity contribution >= 4 is 11.6 Å². The second-order valence-corrected chi connectivity index (χ2v) is 11.4. The molecule has 0 aliphatic heterocycles. The average Bonchev–Trinajstić information content (AvgIpc) is 2.78. The van der Waals surface area contributed by atoms with E-state index in [0.29, 0.717) is 12.8 Å². The molecule has 0 heterocycles. The predicted molar refractivity (Wildman–Crippen MR) is 171 cm³/mol. The van der Waals surface area contributed by atoms with Gasteiger partial charge in [0.1, 0.15) is 11.6 Å². The first kappa shape index (κ1) is 37.9. The van der Waals surface area contributed by atoms with E-state index in [2.05, 4.69) is 91.8 Å². The van der Waals surface area contributed by atoms with Gasteiger partial charge in [-0.25, -0.2) is 0 Å². The van der Waals surface area contributed by atoms with Crippen LogP contribution in [0.15, 0.2) is 69.9 Å². The van der Waals surface area contributed by atoms with E-state index >= 15 is 0 Å². The van der Waals surface area contributed by atoms with Gasteiger partial charge in [-0.15, -0.1) is 0 Å². The Morgan fingerprint density at radius 3 is 0.763 bits per heavy atom. The molecule has 0 rings (SSSR count). The lowest BCUT2D eigenvalue weighted by Gasteiger charge is -2.01. The summed E-state index contributed by atoms with van der Waals surface area (Å²) in [5, 5.41) is 0. The third kappa shape index (κ3) is 31.8. The van der Waals surface area contributed by atoms with Crippen molar-refractivity contribution in [1.29, 1.82) is 0 Å². The Labute approximate surface area is 237 Å². The van der Waals surface area contributed by atoms with Gasteiger partial charge in [0.15, 0.2) is 0 Å². The van der Waals surface area contributed by atoms with Crippen molar-refractivity contribution in [2.75, 3.05) is 0 Å². The fraction of sp³-hybridized carbons (Fsp3) is 0.611. The van der Waals surface area contributed by atoms with Gasteiger partial charge in [-0.1, -0.05) is 69.9 Å². The highest BCUT2D eigenvalue weighted by molar-refractivity contribution is 5.75. The van der Waals surface area contributed by atoms with Crippen molar-refractivity contribution in [2.24, 2.45) is 0 Å². The number of carbonyl (C=O) groups excluding carboxylic acids is 2. The molecule has 216 valence electrons. The lowest BCUT2D eigenvalue weighted by molar-refractivity contribution is -0.117. The molecule has 0 aromatic rings. The van der Waals surface area contributed by atoms with Gasteiger partial charge in [0.2, 0.25) is 0 Å². The number of hydrogen-bond donors (Lipinski definition) is 0. The summed E-state index contributed by atoms with van der Waals surface area (Å²) in [5.74, 6) is 0.554. The van der Waals surface area contributed by atoms with Gasteiger partial charge in [0, 0.05) is 12.8 Å². The van der Waals surface area contributed by atoms with Gasteiger partial charge in [-0.3, -0.25) is 0 Å². The normalized spacial score (nSPS) is 12.5. The summed E-state index contributed by atoms with van der Waals surface area (Å²) in [6, 6.07) is 0. The second kappa shape index (κ2) is 25.1. The monoisotopic (exact) mass is 524 g/mol. The molecule has 0 N–H and O–H groups in total. The molecule has 0 amide bonds. The molecule has 0 saturated carbocycles. The molecular formula is C36H60O2. The van der Waals surface area contributed by atoms with Gasteiger partial charge in [-0.2, -0.15) is 0 Å². The van der Waals surface area contributed by atoms with Crippen LogP contribution in [0.1, 0.15) is 146 Å². The van der Waals surface area contributed by atoms with Crippen LogP contribution in [0.25, 0.3) is 0 Å². The topological polar surface area (TPSA) is 34.1 Å². The molecular weight excluding hydrogens is 464 g/mol. The van der Waals surface area contributed by atoms with E-state index in [1.54, 1.807) is 13.8 Å². The Hall–Kier alpha value is -2.22. The molecule has 0 unspecified atom stereocenters. The summed E-state index contributed by atoms with van der Waals surface area (Å²) in [6.07, 6.45) is 25.9. The Balaban J connectivity index is 0. The lowest BCUT2D eigenvalue weighted by Crippen LogP contribution is -1.87. The van der Waals surface area contributed by atoms with Gasteiger partial charge >= 0.3 is 0 Å². The van der Waals surface area contributed by atoms with Crippen molar-refractivity contribution in [3.8, 4) is 0 Å². The number of ketones is 2. The van der Waals surface area contributed by atoms with Crippen LogP contribution < -0.4 is 0 Å². The zero-order chi connectivity index (χ0) is 29.3. The standard InChI is InChI=1S/2C18H30O/c2*1-15(2)9-6-10-16(3)11-7-12-17(4)13-8-14-18(5)19/h2*9,11,13H,6-8,10,12,14H2,1-5H3. The minimum atomic E-state index is 0.277. The van der Waals surface area contributed by atoms with E-state index in [9.17, 15) is 9.59 Å². The molecule has 0 spiro atoms. The SMILES string of the molecule is CC(=O)CCC=C(C)CCC=C(C)CCC=C(C)C.CC(=O)CCC=C(C)CCC=C(C)CCC=C(C)C. The molecule has 0 atom stereocenters. The molecule has 0 aliphatic rings. The predicted octanol–water partition coefficient (Wildman–Crippen LogP) is 11.5. The zero-order valence-electron chi connectivity index (χ0n) is 26.8. The van der Waals surface area contributed by atoms with Crippen LogP contribution in [-0.4, -0.2) is 11.6 Å². The molecule has 2 heteroatoms. The third-order valence-electron chi connectivity index (χ3n) is 6.22. The summed E-state index contributed by atoms with van der Waals surface area (Å²) in [5.41, 5.74) is 8.56. The van der Waals surface area contributed by atoms with Crippen molar-refractivity contribution in [3.63, 3.8) is 0 Å². The molecule has 0 radical (unpaired) electrons. The molecule has 0 saturated heterocycles. The highest BCUT2D eigenvalue weighted by Gasteiger charge is 1.95. The van der Waals surface area contributed by atoms with E-state index < -0.39 is 0 Å². The van der Waals surface area contributed by atoms with Gasteiger partial charge in [0.05, 0.1) is 0 Å². The van der Waals surface area contributed by atoms with Crippen LogP contribution in [0.5, 0.6) is 0 Å². The molecule has 0 bridgehead atoms. The summed E-state index contributed by atoms with van der Waals surface area (Å²) < 4.78 is 0. The smallest absolute Gasteiger partial charge is 0.130 e. The maximum Gasteiger partial charge on any atom is 0.130 e. The average molecular weight is 525 g/mol. The summed E-state index contributed by atoms with van der Waals surface area (Å²) in [7, 11) is 0. The molecule has 2 nitrogen and oxygen atoms in total. The van der Waals surface area contributed by atoms with Crippen LogP contribution in [0, 0.1) is 0 Å². The summed E-state index contributed by atoms with van der Waals surface area (Å²) in [6.45, 7) is 20.6. The fourth-order valence-corrected chi connectivity index (χ4v) is 3.72. The molecule has 38 heavy (non-hydrogen) atoms. The van der Waals surface area contributed by atoms with Crippen LogP contribution >= 0.6 is 0 Å². The second-order valence-electron chi connectivity index (χ2n) is 11.4. The van der Waals surface area contributed by atoms with Gasteiger partial charge in [-0.05, 0) is 133 Å². The highest BCUT2D eigenvalue weighted by Crippen LogP contribution is 2.13. The number of hydrogen-bond acceptors (Lipinski definition) is 2. The Kier molecular flexibility index (Phi) is 25.0. The molecule has 0 aliphatic carbocycles. The van der Waals surface area contributed by atoms with Crippen LogP contribution in [-0.2, 0) is 9.59 Å². The lowest BCUT2D eigenvalue weighted by atomic mass is 10.1. The summed E-state index contributed by atoms with van der Waals surface area (Å²) in [4.78, 5) is 21.7. The van der Waals surface area contributed by atoms with Crippen molar-refractivity contribution in [1.82, 2.24) is 0 Å². The van der Waals surface area contributed by atoms with Crippen LogP contribution in [0.2, 0.25) is 0 Å². The summed E-state index contributed by atoms with van der Waals surface area (Å²) >= 11 is 0. The first-order chi connectivity index (χ1) is 17.8. The fourth-order valence-electron chi connectivity index (χ4n) is 3.72. The number of allylic oxidation sites excluding steroid dienone is 12. The van der Waals surface area contributed by atoms with E-state index in [-0.39, 0.29) is 11.6 Å². The van der Waals surface area contributed by atoms with E-state index in [0.717, 1.165) is 64.2 Å². The van der Waals surface area contributed by atoms with Gasteiger partial charge in [0.25, 0.3) is 0 Å². The van der Waals surface area contributed by atoms with Crippen molar-refractivity contribution < 1.29 is 9.59 Å². The van der Waals surface area contributed by atoms with Gasteiger partial charge < -0.3 is 9.59 Å². The van der Waals surface area contributed by atoms with E-state index in [1.807, 2.05) is 0 Å². The van der Waals surface area contributed by atoms with E-state index in [1.165, 1.54) is 33.4 Å². The third-order valence-corrected chi connectivity index (χ3v) is 6.22. The first-order valence-electron chi connectivity index (χ1n) is 14.7. The number of carbonyl (C=O) groups is 2. The van der Waals surface area contributed by atoms with Crippen molar-refractivity contribution in [3.05, 3.63) is 69.9 Å². The van der Waals surface area contributed by atoms with E-state index in [4.69, 9.17) is 0 Å². The van der Waals surface area contributed by atoms with Crippen LogP contribution in [0.3, 0.4) is 0 Å². The zero-order valence-corrected chi connectivity index (χ0v) is 26.8. The number of rotatable bonds is 18. The Bertz CT molecular complexity index is 776. The quantitative estimate of drug-likeness (QED) is 0.167. The molecule has 0 fully saturated rings. The minimum Gasteiger partial charge on any atom is -0.300 e. The Morgan fingerprint density at radius 1 is 0.342 bits per heavy atom. The largest absolute Gasteiger partial charge is 0.300 e. The van der Waals surface area contributed by atoms with Crippen molar-refractivity contribution in [2.45, 2.75) is 146 Å². The minimum absolute atomic E-state index is 0.277.